The zero-order chi connectivity index (χ0) is 8.97. The lowest BCUT2D eigenvalue weighted by Crippen LogP contribution is -1.94. The second-order valence-electron chi connectivity index (χ2n) is 2.43. The molecule has 0 aliphatic heterocycles. The van der Waals surface area contributed by atoms with Gasteiger partial charge in [-0.05, 0) is 40.0 Å². The first-order chi connectivity index (χ1) is 5.77. The van der Waals surface area contributed by atoms with E-state index in [1.807, 2.05) is 18.2 Å². The quantitative estimate of drug-likeness (QED) is 0.791. The highest BCUT2D eigenvalue weighted by Crippen LogP contribution is 2.23. The van der Waals surface area contributed by atoms with E-state index in [1.165, 1.54) is 5.56 Å². The molecule has 2 nitrogen and oxygen atoms in total. The standard InChI is InChI=1S/C9H10BrNO/c1-2-7-3-4-9(11-6-12)8(10)5-7/h3-6H,2H2,1H3,(H,11,12). The number of hydrogen-bond donors (Lipinski definition) is 1. The van der Waals surface area contributed by atoms with Crippen molar-refractivity contribution in [3.05, 3.63) is 28.2 Å². The van der Waals surface area contributed by atoms with Crippen LogP contribution in [0.4, 0.5) is 5.69 Å². The molecule has 0 aliphatic rings. The van der Waals surface area contributed by atoms with Crippen LogP contribution in [0.1, 0.15) is 12.5 Å². The minimum Gasteiger partial charge on any atom is -0.328 e. The summed E-state index contributed by atoms with van der Waals surface area (Å²) in [5, 5.41) is 2.60. The molecular weight excluding hydrogens is 218 g/mol. The van der Waals surface area contributed by atoms with Gasteiger partial charge in [0.1, 0.15) is 0 Å². The average molecular weight is 228 g/mol. The molecule has 0 heterocycles. The van der Waals surface area contributed by atoms with Gasteiger partial charge in [0.05, 0.1) is 5.69 Å². The number of carbonyl (C=O) groups excluding carboxylic acids is 1. The summed E-state index contributed by atoms with van der Waals surface area (Å²) >= 11 is 3.37. The first kappa shape index (κ1) is 9.26. The minimum absolute atomic E-state index is 0.672. The van der Waals surface area contributed by atoms with Gasteiger partial charge in [-0.15, -0.1) is 0 Å². The predicted octanol–water partition coefficient (Wildman–Crippen LogP) is 2.58. The van der Waals surface area contributed by atoms with Gasteiger partial charge in [-0.25, -0.2) is 0 Å². The highest BCUT2D eigenvalue weighted by Gasteiger charge is 1.98. The van der Waals surface area contributed by atoms with E-state index in [4.69, 9.17) is 0 Å². The van der Waals surface area contributed by atoms with Crippen LogP contribution >= 0.6 is 15.9 Å². The number of rotatable bonds is 3. The molecule has 0 aliphatic carbocycles. The Balaban J connectivity index is 2.94. The number of nitrogens with one attached hydrogen (secondary N) is 1. The molecule has 0 atom stereocenters. The van der Waals surface area contributed by atoms with E-state index >= 15 is 0 Å². The van der Waals surface area contributed by atoms with Crippen molar-refractivity contribution in [1.82, 2.24) is 0 Å². The Morgan fingerprint density at radius 3 is 2.83 bits per heavy atom. The van der Waals surface area contributed by atoms with Crippen LogP contribution in [-0.2, 0) is 11.2 Å². The molecule has 1 amide bonds. The van der Waals surface area contributed by atoms with Crippen LogP contribution < -0.4 is 5.32 Å². The van der Waals surface area contributed by atoms with E-state index in [2.05, 4.69) is 28.2 Å². The van der Waals surface area contributed by atoms with Gasteiger partial charge in [0.25, 0.3) is 0 Å². The fourth-order valence-electron chi connectivity index (χ4n) is 0.959. The molecule has 0 radical (unpaired) electrons. The van der Waals surface area contributed by atoms with Crippen LogP contribution in [0.5, 0.6) is 0 Å². The third-order valence-electron chi connectivity index (χ3n) is 1.66. The van der Waals surface area contributed by atoms with Crippen LogP contribution in [-0.4, -0.2) is 6.41 Å². The smallest absolute Gasteiger partial charge is 0.211 e. The van der Waals surface area contributed by atoms with Crippen LogP contribution in [0.25, 0.3) is 0 Å². The number of amides is 1. The molecule has 0 fully saturated rings. The van der Waals surface area contributed by atoms with Crippen molar-refractivity contribution < 1.29 is 4.79 Å². The number of anilines is 1. The van der Waals surface area contributed by atoms with Crippen molar-refractivity contribution in [3.63, 3.8) is 0 Å². The number of hydrogen-bond acceptors (Lipinski definition) is 1. The van der Waals surface area contributed by atoms with Gasteiger partial charge in [0.15, 0.2) is 0 Å². The molecule has 0 bridgehead atoms. The van der Waals surface area contributed by atoms with Gasteiger partial charge in [-0.3, -0.25) is 4.79 Å². The number of carbonyl (C=O) groups is 1. The lowest BCUT2D eigenvalue weighted by atomic mass is 10.1. The Kier molecular flexibility index (Phi) is 3.29. The Labute approximate surface area is 80.1 Å². The summed E-state index contributed by atoms with van der Waals surface area (Å²) in [6.07, 6.45) is 1.67. The first-order valence-electron chi connectivity index (χ1n) is 3.76. The fourth-order valence-corrected chi connectivity index (χ4v) is 1.50. The number of halogens is 1. The minimum atomic E-state index is 0.672. The van der Waals surface area contributed by atoms with E-state index in [-0.39, 0.29) is 0 Å². The zero-order valence-electron chi connectivity index (χ0n) is 6.80. The topological polar surface area (TPSA) is 29.1 Å². The van der Waals surface area contributed by atoms with Crippen molar-refractivity contribution in [1.29, 1.82) is 0 Å². The Bertz CT molecular complexity index is 286. The Morgan fingerprint density at radius 2 is 2.33 bits per heavy atom. The van der Waals surface area contributed by atoms with E-state index < -0.39 is 0 Å². The second kappa shape index (κ2) is 4.26. The molecule has 12 heavy (non-hydrogen) atoms. The molecule has 3 heteroatoms. The van der Waals surface area contributed by atoms with Gasteiger partial charge in [-0.1, -0.05) is 13.0 Å². The fraction of sp³-hybridized carbons (Fsp3) is 0.222. The summed E-state index contributed by atoms with van der Waals surface area (Å²) < 4.78 is 0.925. The molecule has 0 unspecified atom stereocenters. The maximum atomic E-state index is 10.1. The van der Waals surface area contributed by atoms with Crippen molar-refractivity contribution in [2.24, 2.45) is 0 Å². The van der Waals surface area contributed by atoms with Crippen LogP contribution in [0.2, 0.25) is 0 Å². The molecule has 0 saturated carbocycles. The molecule has 64 valence electrons. The van der Waals surface area contributed by atoms with E-state index in [0.29, 0.717) is 6.41 Å². The SMILES string of the molecule is CCc1ccc(NC=O)c(Br)c1. The molecular formula is C9H10BrNO. The van der Waals surface area contributed by atoms with Crippen LogP contribution in [0.3, 0.4) is 0 Å². The van der Waals surface area contributed by atoms with Gasteiger partial charge in [0.2, 0.25) is 6.41 Å². The van der Waals surface area contributed by atoms with Crippen molar-refractivity contribution >= 4 is 28.0 Å². The lowest BCUT2D eigenvalue weighted by molar-refractivity contribution is -0.105. The molecule has 1 aromatic rings. The summed E-state index contributed by atoms with van der Waals surface area (Å²) in [6.45, 7) is 2.09. The summed E-state index contributed by atoms with van der Waals surface area (Å²) in [7, 11) is 0. The molecule has 0 spiro atoms. The van der Waals surface area contributed by atoms with Gasteiger partial charge in [0, 0.05) is 4.47 Å². The van der Waals surface area contributed by atoms with E-state index in [1.54, 1.807) is 0 Å². The normalized spacial score (nSPS) is 9.50. The Morgan fingerprint density at radius 1 is 1.58 bits per heavy atom. The maximum Gasteiger partial charge on any atom is 0.211 e. The third-order valence-corrected chi connectivity index (χ3v) is 2.31. The van der Waals surface area contributed by atoms with Crippen LogP contribution in [0.15, 0.2) is 22.7 Å². The summed E-state index contributed by atoms with van der Waals surface area (Å²) in [6, 6.07) is 5.89. The highest BCUT2D eigenvalue weighted by atomic mass is 79.9. The summed E-state index contributed by atoms with van der Waals surface area (Å²) in [4.78, 5) is 10.1. The molecule has 1 N–H and O–H groups in total. The number of aryl methyl sites for hydroxylation is 1. The highest BCUT2D eigenvalue weighted by molar-refractivity contribution is 9.10. The lowest BCUT2D eigenvalue weighted by Gasteiger charge is -2.03. The van der Waals surface area contributed by atoms with Crippen molar-refractivity contribution in [2.75, 3.05) is 5.32 Å². The first-order valence-corrected chi connectivity index (χ1v) is 4.56. The molecule has 0 aromatic heterocycles. The molecule has 1 rings (SSSR count). The van der Waals surface area contributed by atoms with Crippen molar-refractivity contribution in [3.8, 4) is 0 Å². The molecule has 0 saturated heterocycles. The average Bonchev–Trinajstić information content (AvgIpc) is 2.09. The van der Waals surface area contributed by atoms with Gasteiger partial charge in [-0.2, -0.15) is 0 Å². The summed E-state index contributed by atoms with van der Waals surface area (Å²) in [5.74, 6) is 0. The second-order valence-corrected chi connectivity index (χ2v) is 3.28. The maximum absolute atomic E-state index is 10.1. The third kappa shape index (κ3) is 2.08. The zero-order valence-corrected chi connectivity index (χ0v) is 8.39. The monoisotopic (exact) mass is 227 g/mol. The number of benzene rings is 1. The van der Waals surface area contributed by atoms with E-state index in [9.17, 15) is 4.79 Å². The van der Waals surface area contributed by atoms with E-state index in [0.717, 1.165) is 16.6 Å². The van der Waals surface area contributed by atoms with Crippen molar-refractivity contribution in [2.45, 2.75) is 13.3 Å². The van der Waals surface area contributed by atoms with Crippen LogP contribution in [0, 0.1) is 0 Å². The van der Waals surface area contributed by atoms with Gasteiger partial charge >= 0.3 is 0 Å². The van der Waals surface area contributed by atoms with Gasteiger partial charge < -0.3 is 5.32 Å². The molecule has 1 aromatic carbocycles. The summed E-state index contributed by atoms with van der Waals surface area (Å²) in [5.41, 5.74) is 2.06. The largest absolute Gasteiger partial charge is 0.328 e. The predicted molar refractivity (Wildman–Crippen MR) is 53.2 cm³/mol. The Hall–Kier alpha value is -0.830.